The number of imidazole rings is 1. The van der Waals surface area contributed by atoms with E-state index in [1.165, 1.54) is 6.42 Å². The molecule has 0 saturated carbocycles. The maximum absolute atomic E-state index is 8.97. The van der Waals surface area contributed by atoms with Crippen molar-refractivity contribution >= 4 is 17.3 Å². The summed E-state index contributed by atoms with van der Waals surface area (Å²) in [5.74, 6) is 1.04. The van der Waals surface area contributed by atoms with E-state index in [1.54, 1.807) is 6.07 Å². The molecule has 1 aromatic heterocycles. The molecule has 0 bridgehead atoms. The molecule has 5 heteroatoms. The zero-order valence-electron chi connectivity index (χ0n) is 12.0. The fourth-order valence-electron chi connectivity index (χ4n) is 2.96. The van der Waals surface area contributed by atoms with E-state index in [1.807, 2.05) is 31.5 Å². The lowest BCUT2D eigenvalue weighted by Gasteiger charge is -2.27. The van der Waals surface area contributed by atoms with Gasteiger partial charge in [0.25, 0.3) is 0 Å². The highest BCUT2D eigenvalue weighted by atomic mass is 35.5. The summed E-state index contributed by atoms with van der Waals surface area (Å²) in [6.07, 6.45) is 6.20. The van der Waals surface area contributed by atoms with Crippen LogP contribution in [0, 0.1) is 18.3 Å². The van der Waals surface area contributed by atoms with Crippen LogP contribution in [0.3, 0.4) is 0 Å². The molecule has 1 fully saturated rings. The van der Waals surface area contributed by atoms with Gasteiger partial charge in [-0.05, 0) is 38.0 Å². The summed E-state index contributed by atoms with van der Waals surface area (Å²) in [5.41, 5.74) is 1.63. The lowest BCUT2D eigenvalue weighted by molar-refractivity contribution is 0.540. The molecule has 0 aliphatic carbocycles. The average molecular weight is 301 g/mol. The summed E-state index contributed by atoms with van der Waals surface area (Å²) in [7, 11) is 0. The number of halogens is 1. The second-order valence-corrected chi connectivity index (χ2v) is 5.80. The largest absolute Gasteiger partial charge is 0.367 e. The Labute approximate surface area is 129 Å². The van der Waals surface area contributed by atoms with Crippen molar-refractivity contribution in [2.24, 2.45) is 0 Å². The van der Waals surface area contributed by atoms with Gasteiger partial charge in [0.2, 0.25) is 0 Å². The van der Waals surface area contributed by atoms with Crippen LogP contribution in [0.2, 0.25) is 5.02 Å². The molecule has 1 atom stereocenters. The average Bonchev–Trinajstić information content (AvgIpc) is 3.09. The highest BCUT2D eigenvalue weighted by Gasteiger charge is 2.25. The van der Waals surface area contributed by atoms with Crippen molar-refractivity contribution in [3.63, 3.8) is 0 Å². The Morgan fingerprint density at radius 2 is 2.33 bits per heavy atom. The van der Waals surface area contributed by atoms with E-state index in [2.05, 4.69) is 20.5 Å². The van der Waals surface area contributed by atoms with Gasteiger partial charge >= 0.3 is 0 Å². The first-order chi connectivity index (χ1) is 10.2. The van der Waals surface area contributed by atoms with Crippen LogP contribution in [0.25, 0.3) is 0 Å². The van der Waals surface area contributed by atoms with Crippen molar-refractivity contribution in [2.75, 3.05) is 11.4 Å². The van der Waals surface area contributed by atoms with Crippen molar-refractivity contribution in [1.82, 2.24) is 9.55 Å². The van der Waals surface area contributed by atoms with E-state index < -0.39 is 0 Å². The van der Waals surface area contributed by atoms with Crippen molar-refractivity contribution in [1.29, 1.82) is 5.26 Å². The lowest BCUT2D eigenvalue weighted by atomic mass is 10.1. The standard InChI is InChI=1S/C16H17ClN4/c1-12-19-6-8-20(12)11-15-3-2-7-21(15)14-5-4-13(10-18)16(17)9-14/h4-6,8-9,15H,2-3,7,11H2,1H3. The number of nitrogens with zero attached hydrogens (tertiary/aromatic N) is 4. The van der Waals surface area contributed by atoms with Crippen molar-refractivity contribution in [2.45, 2.75) is 32.4 Å². The molecule has 2 aromatic rings. The fraction of sp³-hybridized carbons (Fsp3) is 0.375. The van der Waals surface area contributed by atoms with Crippen LogP contribution >= 0.6 is 11.6 Å². The highest BCUT2D eigenvalue weighted by Crippen LogP contribution is 2.30. The second-order valence-electron chi connectivity index (χ2n) is 5.39. The van der Waals surface area contributed by atoms with E-state index in [0.29, 0.717) is 16.6 Å². The third-order valence-electron chi connectivity index (χ3n) is 4.11. The number of hydrogen-bond acceptors (Lipinski definition) is 3. The van der Waals surface area contributed by atoms with Gasteiger partial charge in [0, 0.05) is 37.2 Å². The van der Waals surface area contributed by atoms with Gasteiger partial charge in [-0.25, -0.2) is 4.98 Å². The number of benzene rings is 1. The van der Waals surface area contributed by atoms with Crippen LogP contribution in [-0.4, -0.2) is 22.1 Å². The minimum absolute atomic E-state index is 0.446. The Balaban J connectivity index is 1.82. The van der Waals surface area contributed by atoms with Gasteiger partial charge in [-0.15, -0.1) is 0 Å². The molecular weight excluding hydrogens is 284 g/mol. The number of rotatable bonds is 3. The summed E-state index contributed by atoms with van der Waals surface area (Å²) in [4.78, 5) is 6.66. The SMILES string of the molecule is Cc1nccn1CC1CCCN1c1ccc(C#N)c(Cl)c1. The Morgan fingerprint density at radius 3 is 3.00 bits per heavy atom. The van der Waals surface area contributed by atoms with Crippen molar-refractivity contribution in [3.05, 3.63) is 47.0 Å². The molecule has 3 rings (SSSR count). The Hall–Kier alpha value is -1.99. The predicted octanol–water partition coefficient (Wildman–Crippen LogP) is 3.39. The summed E-state index contributed by atoms with van der Waals surface area (Å²) >= 11 is 6.16. The molecule has 0 N–H and O–H groups in total. The van der Waals surface area contributed by atoms with E-state index >= 15 is 0 Å². The van der Waals surface area contributed by atoms with Crippen LogP contribution in [0.4, 0.5) is 5.69 Å². The van der Waals surface area contributed by atoms with Gasteiger partial charge in [-0.2, -0.15) is 5.26 Å². The first-order valence-corrected chi connectivity index (χ1v) is 7.51. The van der Waals surface area contributed by atoms with Crippen LogP contribution in [0.15, 0.2) is 30.6 Å². The van der Waals surface area contributed by atoms with Gasteiger partial charge in [0.15, 0.2) is 0 Å². The molecule has 108 valence electrons. The van der Waals surface area contributed by atoms with Gasteiger partial charge in [0.1, 0.15) is 11.9 Å². The highest BCUT2D eigenvalue weighted by molar-refractivity contribution is 6.32. The molecule has 2 heterocycles. The summed E-state index contributed by atoms with van der Waals surface area (Å²) in [5, 5.41) is 9.50. The molecule has 21 heavy (non-hydrogen) atoms. The van der Waals surface area contributed by atoms with Crippen molar-refractivity contribution < 1.29 is 0 Å². The minimum Gasteiger partial charge on any atom is -0.367 e. The van der Waals surface area contributed by atoms with E-state index in [-0.39, 0.29) is 0 Å². The number of hydrogen-bond donors (Lipinski definition) is 0. The predicted molar refractivity (Wildman–Crippen MR) is 83.5 cm³/mol. The molecule has 0 radical (unpaired) electrons. The number of anilines is 1. The van der Waals surface area contributed by atoms with Gasteiger partial charge in [0.05, 0.1) is 10.6 Å². The Morgan fingerprint density at radius 1 is 1.48 bits per heavy atom. The van der Waals surface area contributed by atoms with Crippen molar-refractivity contribution in [3.8, 4) is 6.07 Å². The maximum Gasteiger partial charge on any atom is 0.105 e. The Bertz CT molecular complexity index is 686. The van der Waals surface area contributed by atoms with Crippen LogP contribution in [0.1, 0.15) is 24.2 Å². The van der Waals surface area contributed by atoms with Gasteiger partial charge in [-0.1, -0.05) is 11.6 Å². The summed E-state index contributed by atoms with van der Waals surface area (Å²) < 4.78 is 2.19. The summed E-state index contributed by atoms with van der Waals surface area (Å²) in [6.45, 7) is 3.99. The topological polar surface area (TPSA) is 44.9 Å². The molecule has 0 amide bonds. The molecular formula is C16H17ClN4. The molecule has 1 unspecified atom stereocenters. The molecule has 4 nitrogen and oxygen atoms in total. The molecule has 0 spiro atoms. The first-order valence-electron chi connectivity index (χ1n) is 7.13. The third-order valence-corrected chi connectivity index (χ3v) is 4.43. The Kier molecular flexibility index (Phi) is 3.85. The monoisotopic (exact) mass is 300 g/mol. The molecule has 1 aliphatic heterocycles. The van der Waals surface area contributed by atoms with Crippen LogP contribution in [-0.2, 0) is 6.54 Å². The third kappa shape index (κ3) is 2.74. The normalized spacial score (nSPS) is 18.0. The number of aromatic nitrogens is 2. The van der Waals surface area contributed by atoms with Crippen LogP contribution in [0.5, 0.6) is 0 Å². The number of nitriles is 1. The smallest absolute Gasteiger partial charge is 0.105 e. The molecule has 1 aromatic carbocycles. The summed E-state index contributed by atoms with van der Waals surface area (Å²) in [6, 6.07) is 8.24. The van der Waals surface area contributed by atoms with Gasteiger partial charge < -0.3 is 9.47 Å². The zero-order valence-corrected chi connectivity index (χ0v) is 12.7. The number of aryl methyl sites for hydroxylation is 1. The maximum atomic E-state index is 8.97. The minimum atomic E-state index is 0.446. The van der Waals surface area contributed by atoms with Gasteiger partial charge in [-0.3, -0.25) is 0 Å². The van der Waals surface area contributed by atoms with E-state index in [0.717, 1.165) is 31.0 Å². The molecule has 1 aliphatic rings. The second kappa shape index (κ2) is 5.79. The van der Waals surface area contributed by atoms with E-state index in [4.69, 9.17) is 16.9 Å². The molecule has 1 saturated heterocycles. The van der Waals surface area contributed by atoms with E-state index in [9.17, 15) is 0 Å². The quantitative estimate of drug-likeness (QED) is 0.873. The lowest BCUT2D eigenvalue weighted by Crippen LogP contribution is -2.33. The fourth-order valence-corrected chi connectivity index (χ4v) is 3.18. The zero-order chi connectivity index (χ0) is 14.8. The first kappa shape index (κ1) is 14.0. The van der Waals surface area contributed by atoms with Crippen LogP contribution < -0.4 is 4.90 Å².